The Hall–Kier alpha value is 1.87. The van der Waals surface area contributed by atoms with E-state index in [0.717, 1.165) is 0 Å². The predicted molar refractivity (Wildman–Crippen MR) is 44.3 cm³/mol. The molecule has 1 unspecified atom stereocenters. The summed E-state index contributed by atoms with van der Waals surface area (Å²) in [4.78, 5) is 9.92. The molecule has 0 amide bonds. The minimum atomic E-state index is -0.727. The van der Waals surface area contributed by atoms with Gasteiger partial charge in [-0.05, 0) is 0 Å². The van der Waals surface area contributed by atoms with E-state index in [1.807, 2.05) is 45.2 Å². The van der Waals surface area contributed by atoms with Gasteiger partial charge in [-0.15, -0.1) is 0 Å². The third-order valence-electron chi connectivity index (χ3n) is 0.403. The Balaban J connectivity index is 0. The van der Waals surface area contributed by atoms with Gasteiger partial charge in [0.05, 0.1) is 0 Å². The van der Waals surface area contributed by atoms with Crippen molar-refractivity contribution in [3.8, 4) is 0 Å². The molecule has 44 valence electrons. The van der Waals surface area contributed by atoms with Gasteiger partial charge < -0.3 is 5.11 Å². The van der Waals surface area contributed by atoms with Gasteiger partial charge in [0, 0.05) is 32.1 Å². The van der Waals surface area contributed by atoms with E-state index < -0.39 is 5.97 Å². The molecule has 0 aliphatic carbocycles. The molecule has 0 saturated carbocycles. The Morgan fingerprint density at radius 3 is 2.12 bits per heavy atom. The molecule has 0 bridgehead atoms. The molecule has 5 heteroatoms. The molecule has 0 spiro atoms. The predicted octanol–water partition coefficient (Wildman–Crippen LogP) is 1.31. The summed E-state index contributed by atoms with van der Waals surface area (Å²) in [6.45, 7) is 0. The minimum Gasteiger partial charge on any atom is -0.480 e. The van der Waals surface area contributed by atoms with Crippen LogP contribution in [0, 0.1) is 0 Å². The summed E-state index contributed by atoms with van der Waals surface area (Å²) in [5, 5.41) is 8.17. The maximum absolute atomic E-state index is 9.92. The number of hydrogen-bond donors (Lipinski definition) is 1. The SMILES string of the molecule is O=C(O)C(I)CI.[Hg]. The Morgan fingerprint density at radius 1 is 1.75 bits per heavy atom. The van der Waals surface area contributed by atoms with Crippen LogP contribution < -0.4 is 0 Å². The van der Waals surface area contributed by atoms with E-state index in [-0.39, 0.29) is 31.6 Å². The maximum Gasteiger partial charge on any atom is 0.317 e. The van der Waals surface area contributed by atoms with Crippen LogP contribution >= 0.6 is 45.2 Å². The summed E-state index contributed by atoms with van der Waals surface area (Å²) < 4.78 is 0.450. The van der Waals surface area contributed by atoms with Crippen molar-refractivity contribution in [3.63, 3.8) is 0 Å². The molecule has 0 heterocycles. The van der Waals surface area contributed by atoms with Crippen molar-refractivity contribution in [2.45, 2.75) is 3.92 Å². The fourth-order valence-electron chi connectivity index (χ4n) is 0.0660. The van der Waals surface area contributed by atoms with Crippen LogP contribution in [0.5, 0.6) is 0 Å². The summed E-state index contributed by atoms with van der Waals surface area (Å²) in [6.07, 6.45) is 0. The number of carboxylic acids is 1. The molecule has 0 fully saturated rings. The minimum absolute atomic E-state index is 0. The first-order valence-corrected chi connectivity index (χ1v) is 4.38. The van der Waals surface area contributed by atoms with Gasteiger partial charge in [0.1, 0.15) is 3.92 Å². The monoisotopic (exact) mass is 528 g/mol. The van der Waals surface area contributed by atoms with Crippen molar-refractivity contribution in [1.82, 2.24) is 0 Å². The smallest absolute Gasteiger partial charge is 0.317 e. The Morgan fingerprint density at radius 2 is 2.12 bits per heavy atom. The largest absolute Gasteiger partial charge is 0.480 e. The van der Waals surface area contributed by atoms with Crippen molar-refractivity contribution in [3.05, 3.63) is 0 Å². The second-order valence-electron chi connectivity index (χ2n) is 0.960. The molecule has 2 nitrogen and oxygen atoms in total. The van der Waals surface area contributed by atoms with Gasteiger partial charge in [-0.25, -0.2) is 0 Å². The average molecular weight is 526 g/mol. The number of alkyl halides is 2. The normalized spacial score (nSPS) is 11.8. The van der Waals surface area contributed by atoms with E-state index in [0.29, 0.717) is 4.43 Å². The van der Waals surface area contributed by atoms with E-state index >= 15 is 0 Å². The van der Waals surface area contributed by atoms with Crippen molar-refractivity contribution < 1.29 is 37.6 Å². The molecule has 0 aliphatic rings. The van der Waals surface area contributed by atoms with Crippen molar-refractivity contribution in [2.24, 2.45) is 0 Å². The number of carbonyl (C=O) groups is 1. The Labute approximate surface area is 95.6 Å². The molecule has 0 saturated heterocycles. The van der Waals surface area contributed by atoms with Crippen LogP contribution in [0.1, 0.15) is 0 Å². The van der Waals surface area contributed by atoms with Crippen LogP contribution in [0.25, 0.3) is 0 Å². The second-order valence-corrected chi connectivity index (χ2v) is 3.34. The van der Waals surface area contributed by atoms with Crippen LogP contribution in [0.2, 0.25) is 0 Å². The number of rotatable bonds is 2. The van der Waals surface area contributed by atoms with Crippen molar-refractivity contribution >= 4 is 51.2 Å². The summed E-state index contributed by atoms with van der Waals surface area (Å²) in [6, 6.07) is 0. The van der Waals surface area contributed by atoms with Crippen LogP contribution in [-0.4, -0.2) is 19.4 Å². The summed E-state index contributed by atoms with van der Waals surface area (Å²) in [7, 11) is 0. The molecule has 1 atom stereocenters. The number of halogens is 2. The van der Waals surface area contributed by atoms with Gasteiger partial charge >= 0.3 is 5.97 Å². The van der Waals surface area contributed by atoms with Crippen molar-refractivity contribution in [1.29, 1.82) is 0 Å². The Kier molecular flexibility index (Phi) is 10.9. The zero-order valence-electron chi connectivity index (χ0n) is 4.10. The van der Waals surface area contributed by atoms with Crippen LogP contribution in [0.15, 0.2) is 0 Å². The quantitative estimate of drug-likeness (QED) is 0.335. The molecule has 0 aliphatic heterocycles. The van der Waals surface area contributed by atoms with Crippen LogP contribution in [0.3, 0.4) is 0 Å². The molecule has 0 aromatic rings. The van der Waals surface area contributed by atoms with Gasteiger partial charge in [-0.2, -0.15) is 0 Å². The van der Waals surface area contributed by atoms with Gasteiger partial charge in [-0.1, -0.05) is 45.2 Å². The molecule has 0 rings (SSSR count). The van der Waals surface area contributed by atoms with Gasteiger partial charge in [-0.3, -0.25) is 4.79 Å². The zero-order chi connectivity index (χ0) is 5.86. The van der Waals surface area contributed by atoms with Crippen LogP contribution in [0.4, 0.5) is 0 Å². The number of carboxylic acid groups (broad SMARTS) is 1. The molecule has 0 radical (unpaired) electrons. The zero-order valence-corrected chi connectivity index (χ0v) is 13.9. The fourth-order valence-corrected chi connectivity index (χ4v) is 0.443. The maximum atomic E-state index is 9.92. The summed E-state index contributed by atoms with van der Waals surface area (Å²) in [5.74, 6) is -0.727. The Bertz CT molecular complexity index is 77.7. The summed E-state index contributed by atoms with van der Waals surface area (Å²) in [5.41, 5.74) is 0. The van der Waals surface area contributed by atoms with E-state index in [2.05, 4.69) is 0 Å². The third-order valence-corrected chi connectivity index (χ3v) is 3.94. The first-order valence-electron chi connectivity index (χ1n) is 1.61. The first-order chi connectivity index (χ1) is 3.18. The third kappa shape index (κ3) is 5.99. The van der Waals surface area contributed by atoms with Crippen LogP contribution in [-0.2, 0) is 32.5 Å². The van der Waals surface area contributed by atoms with E-state index in [1.165, 1.54) is 0 Å². The van der Waals surface area contributed by atoms with Gasteiger partial charge in [0.2, 0.25) is 0 Å². The molecular weight excluding hydrogens is 522 g/mol. The molecular formula is C3H4HgI2O2. The van der Waals surface area contributed by atoms with Gasteiger partial charge in [0.25, 0.3) is 0 Å². The second kappa shape index (κ2) is 6.98. The van der Waals surface area contributed by atoms with Crippen molar-refractivity contribution in [2.75, 3.05) is 4.43 Å². The van der Waals surface area contributed by atoms with E-state index in [4.69, 9.17) is 5.11 Å². The molecule has 0 aromatic carbocycles. The number of aliphatic carboxylic acids is 1. The first kappa shape index (κ1) is 12.5. The fraction of sp³-hybridized carbons (Fsp3) is 0.667. The molecule has 0 aromatic heterocycles. The van der Waals surface area contributed by atoms with E-state index in [9.17, 15) is 4.79 Å². The number of hydrogen-bond acceptors (Lipinski definition) is 1. The molecule has 1 N–H and O–H groups in total. The topological polar surface area (TPSA) is 37.3 Å². The average Bonchev–Trinajstić information content (AvgIpc) is 1.65. The molecule has 8 heavy (non-hydrogen) atoms. The standard InChI is InChI=1S/C3H4I2O2.Hg/c4-1-2(5)3(6)7;/h2H,1H2,(H,6,7);. The summed E-state index contributed by atoms with van der Waals surface area (Å²) >= 11 is 3.93. The van der Waals surface area contributed by atoms with Gasteiger partial charge in [0.15, 0.2) is 0 Å². The van der Waals surface area contributed by atoms with E-state index in [1.54, 1.807) is 0 Å².